The maximum atomic E-state index is 11.4. The molecule has 1 atom stereocenters. The molecule has 0 fully saturated rings. The van der Waals surface area contributed by atoms with Gasteiger partial charge in [-0.3, -0.25) is 4.79 Å². The number of rotatable bonds is 5. The Kier molecular flexibility index (Phi) is 4.32. The molecule has 0 aliphatic carbocycles. The highest BCUT2D eigenvalue weighted by molar-refractivity contribution is 6.30. The number of benzene rings is 1. The van der Waals surface area contributed by atoms with Crippen molar-refractivity contribution in [2.75, 3.05) is 6.61 Å². The van der Waals surface area contributed by atoms with Crippen LogP contribution in [0.3, 0.4) is 0 Å². The van der Waals surface area contributed by atoms with Gasteiger partial charge in [-0.2, -0.15) is 0 Å². The second kappa shape index (κ2) is 5.80. The van der Waals surface area contributed by atoms with Crippen molar-refractivity contribution in [3.05, 3.63) is 28.3 Å². The summed E-state index contributed by atoms with van der Waals surface area (Å²) in [4.78, 5) is 11.4. The third kappa shape index (κ3) is 3.19. The quantitative estimate of drug-likeness (QED) is 0.867. The number of primary amides is 1. The molecule has 0 bridgehead atoms. The molecule has 1 aromatic rings. The van der Waals surface area contributed by atoms with Gasteiger partial charge >= 0.3 is 0 Å². The largest absolute Gasteiger partial charge is 0.493 e. The van der Waals surface area contributed by atoms with Gasteiger partial charge < -0.3 is 15.8 Å². The zero-order valence-corrected chi connectivity index (χ0v) is 12.0. The van der Waals surface area contributed by atoms with E-state index in [1.807, 2.05) is 26.0 Å². The standard InChI is InChI=1S/C14H19ClN2O2/c1-8(2)12(14(16)18)17-7-10-6-11(15)5-9-3-4-19-13(9)10/h5-6,8,12,17H,3-4,7H2,1-2H3,(H2,16,18). The number of hydrogen-bond acceptors (Lipinski definition) is 3. The van der Waals surface area contributed by atoms with Crippen LogP contribution in [0.5, 0.6) is 5.75 Å². The molecule has 3 N–H and O–H groups in total. The van der Waals surface area contributed by atoms with Crippen LogP contribution in [0.4, 0.5) is 0 Å². The fourth-order valence-electron chi connectivity index (χ4n) is 2.36. The molecule has 4 nitrogen and oxygen atoms in total. The van der Waals surface area contributed by atoms with E-state index in [2.05, 4.69) is 5.32 Å². The van der Waals surface area contributed by atoms with Gasteiger partial charge in [0.25, 0.3) is 0 Å². The van der Waals surface area contributed by atoms with Crippen molar-refractivity contribution in [1.29, 1.82) is 0 Å². The van der Waals surface area contributed by atoms with Crippen LogP contribution < -0.4 is 15.8 Å². The predicted octanol–water partition coefficient (Wildman–Crippen LogP) is 1.87. The van der Waals surface area contributed by atoms with E-state index in [1.165, 1.54) is 0 Å². The van der Waals surface area contributed by atoms with E-state index in [0.29, 0.717) is 18.2 Å². The van der Waals surface area contributed by atoms with E-state index in [4.69, 9.17) is 22.1 Å². The number of carbonyl (C=O) groups excluding carboxylic acids is 1. The Bertz CT molecular complexity index is 489. The normalized spacial score (nSPS) is 15.2. The summed E-state index contributed by atoms with van der Waals surface area (Å²) >= 11 is 6.09. The lowest BCUT2D eigenvalue weighted by Gasteiger charge is -2.19. The predicted molar refractivity (Wildman–Crippen MR) is 75.3 cm³/mol. The van der Waals surface area contributed by atoms with Gasteiger partial charge in [0.1, 0.15) is 5.75 Å². The first-order chi connectivity index (χ1) is 8.99. The Morgan fingerprint density at radius 2 is 2.26 bits per heavy atom. The topological polar surface area (TPSA) is 64.3 Å². The smallest absolute Gasteiger partial charge is 0.234 e. The van der Waals surface area contributed by atoms with Crippen LogP contribution in [0, 0.1) is 5.92 Å². The van der Waals surface area contributed by atoms with Gasteiger partial charge in [0.2, 0.25) is 5.91 Å². The molecular weight excluding hydrogens is 264 g/mol. The minimum atomic E-state index is -0.351. The van der Waals surface area contributed by atoms with Gasteiger partial charge in [-0.25, -0.2) is 0 Å². The molecule has 0 radical (unpaired) electrons. The maximum Gasteiger partial charge on any atom is 0.234 e. The fraction of sp³-hybridized carbons (Fsp3) is 0.500. The van der Waals surface area contributed by atoms with Gasteiger partial charge in [0.05, 0.1) is 12.6 Å². The Labute approximate surface area is 118 Å². The zero-order chi connectivity index (χ0) is 14.0. The molecule has 1 aliphatic rings. The highest BCUT2D eigenvalue weighted by Crippen LogP contribution is 2.32. The number of halogens is 1. The molecule has 1 unspecified atom stereocenters. The molecule has 0 saturated heterocycles. The van der Waals surface area contributed by atoms with Gasteiger partial charge in [-0.15, -0.1) is 0 Å². The number of hydrogen-bond donors (Lipinski definition) is 2. The Morgan fingerprint density at radius 1 is 1.53 bits per heavy atom. The molecule has 2 rings (SSSR count). The molecule has 0 spiro atoms. The first kappa shape index (κ1) is 14.2. The van der Waals surface area contributed by atoms with Crippen molar-refractivity contribution in [2.45, 2.75) is 32.9 Å². The lowest BCUT2D eigenvalue weighted by Crippen LogP contribution is -2.44. The molecule has 0 aromatic heterocycles. The van der Waals surface area contributed by atoms with Gasteiger partial charge in [0.15, 0.2) is 0 Å². The van der Waals surface area contributed by atoms with E-state index in [0.717, 1.165) is 23.3 Å². The van der Waals surface area contributed by atoms with Crippen molar-refractivity contribution >= 4 is 17.5 Å². The van der Waals surface area contributed by atoms with E-state index >= 15 is 0 Å². The van der Waals surface area contributed by atoms with Crippen LogP contribution in [-0.4, -0.2) is 18.6 Å². The first-order valence-corrected chi connectivity index (χ1v) is 6.83. The zero-order valence-electron chi connectivity index (χ0n) is 11.2. The second-order valence-corrected chi connectivity index (χ2v) is 5.59. The molecule has 1 aromatic carbocycles. The molecule has 19 heavy (non-hydrogen) atoms. The Balaban J connectivity index is 2.14. The molecule has 1 heterocycles. The molecule has 0 saturated carbocycles. The summed E-state index contributed by atoms with van der Waals surface area (Å²) in [6, 6.07) is 3.45. The average Bonchev–Trinajstić information content (AvgIpc) is 2.75. The van der Waals surface area contributed by atoms with Crippen LogP contribution in [0.1, 0.15) is 25.0 Å². The monoisotopic (exact) mass is 282 g/mol. The average molecular weight is 283 g/mol. The number of nitrogens with two attached hydrogens (primary N) is 1. The molecule has 104 valence electrons. The minimum absolute atomic E-state index is 0.144. The summed E-state index contributed by atoms with van der Waals surface area (Å²) in [6.07, 6.45) is 0.881. The van der Waals surface area contributed by atoms with Crippen molar-refractivity contribution in [2.24, 2.45) is 11.7 Å². The summed E-state index contributed by atoms with van der Waals surface area (Å²) in [7, 11) is 0. The van der Waals surface area contributed by atoms with Crippen molar-refractivity contribution in [1.82, 2.24) is 5.32 Å². The Morgan fingerprint density at radius 3 is 2.89 bits per heavy atom. The summed E-state index contributed by atoms with van der Waals surface area (Å²) < 4.78 is 5.62. The SMILES string of the molecule is CC(C)C(NCc1cc(Cl)cc2c1OCC2)C(N)=O. The van der Waals surface area contributed by atoms with Crippen LogP contribution in [-0.2, 0) is 17.8 Å². The van der Waals surface area contributed by atoms with Crippen LogP contribution in [0.2, 0.25) is 5.02 Å². The van der Waals surface area contributed by atoms with Crippen LogP contribution >= 0.6 is 11.6 Å². The number of fused-ring (bicyclic) bond motifs is 1. The summed E-state index contributed by atoms with van der Waals surface area (Å²) in [5.74, 6) is 0.698. The highest BCUT2D eigenvalue weighted by atomic mass is 35.5. The van der Waals surface area contributed by atoms with E-state index in [-0.39, 0.29) is 17.9 Å². The number of amides is 1. The van der Waals surface area contributed by atoms with E-state index in [9.17, 15) is 4.79 Å². The molecule has 5 heteroatoms. The van der Waals surface area contributed by atoms with Crippen molar-refractivity contribution < 1.29 is 9.53 Å². The van der Waals surface area contributed by atoms with Gasteiger partial charge in [-0.1, -0.05) is 25.4 Å². The van der Waals surface area contributed by atoms with E-state index in [1.54, 1.807) is 0 Å². The number of nitrogens with one attached hydrogen (secondary N) is 1. The molecule has 1 amide bonds. The first-order valence-electron chi connectivity index (χ1n) is 6.46. The van der Waals surface area contributed by atoms with Crippen LogP contribution in [0.25, 0.3) is 0 Å². The molecule has 1 aliphatic heterocycles. The third-order valence-corrected chi connectivity index (χ3v) is 3.53. The van der Waals surface area contributed by atoms with Gasteiger partial charge in [0, 0.05) is 23.6 Å². The van der Waals surface area contributed by atoms with Gasteiger partial charge in [-0.05, 0) is 23.6 Å². The second-order valence-electron chi connectivity index (χ2n) is 5.16. The minimum Gasteiger partial charge on any atom is -0.493 e. The number of carbonyl (C=O) groups is 1. The lowest BCUT2D eigenvalue weighted by atomic mass is 10.0. The maximum absolute atomic E-state index is 11.4. The Hall–Kier alpha value is -1.26. The van der Waals surface area contributed by atoms with E-state index < -0.39 is 0 Å². The van der Waals surface area contributed by atoms with Crippen LogP contribution in [0.15, 0.2) is 12.1 Å². The van der Waals surface area contributed by atoms with Crippen molar-refractivity contribution in [3.63, 3.8) is 0 Å². The summed E-state index contributed by atoms with van der Waals surface area (Å²) in [5.41, 5.74) is 7.49. The summed E-state index contributed by atoms with van der Waals surface area (Å²) in [5, 5.41) is 3.87. The third-order valence-electron chi connectivity index (χ3n) is 3.31. The molecular formula is C14H19ClN2O2. The van der Waals surface area contributed by atoms with Crippen molar-refractivity contribution in [3.8, 4) is 5.75 Å². The highest BCUT2D eigenvalue weighted by Gasteiger charge is 2.21. The fourth-order valence-corrected chi connectivity index (χ4v) is 2.63. The number of ether oxygens (including phenoxy) is 1. The summed E-state index contributed by atoms with van der Waals surface area (Å²) in [6.45, 7) is 5.13. The lowest BCUT2D eigenvalue weighted by molar-refractivity contribution is -0.121.